The maximum absolute atomic E-state index is 11.8. The summed E-state index contributed by atoms with van der Waals surface area (Å²) in [5, 5.41) is 11.3. The quantitative estimate of drug-likeness (QED) is 0.603. The van der Waals surface area contributed by atoms with Crippen LogP contribution in [0.4, 0.5) is 0 Å². The van der Waals surface area contributed by atoms with E-state index in [1.807, 2.05) is 0 Å². The zero-order valence-corrected chi connectivity index (χ0v) is 11.4. The van der Waals surface area contributed by atoms with E-state index >= 15 is 0 Å². The minimum absolute atomic E-state index is 0.0510. The zero-order chi connectivity index (χ0) is 15.8. The van der Waals surface area contributed by atoms with Crippen molar-refractivity contribution < 1.29 is 24.2 Å². The van der Waals surface area contributed by atoms with Gasteiger partial charge in [0.25, 0.3) is 5.91 Å². The molecule has 0 bridgehead atoms. The highest BCUT2D eigenvalue weighted by molar-refractivity contribution is 5.94. The number of esters is 1. The van der Waals surface area contributed by atoms with E-state index in [0.717, 1.165) is 0 Å². The molecule has 1 aromatic rings. The fraction of sp³-hybridized carbons (Fsp3) is 0.385. The van der Waals surface area contributed by atoms with Crippen molar-refractivity contribution in [3.05, 3.63) is 34.2 Å². The van der Waals surface area contributed by atoms with Crippen LogP contribution < -0.4 is 10.9 Å². The van der Waals surface area contributed by atoms with Gasteiger partial charge in [-0.05, 0) is 19.4 Å². The van der Waals surface area contributed by atoms with Crippen LogP contribution in [0.3, 0.4) is 0 Å². The first kappa shape index (κ1) is 16.4. The summed E-state index contributed by atoms with van der Waals surface area (Å²) >= 11 is 0. The number of nitrogens with one attached hydrogen (secondary N) is 2. The molecule has 1 amide bonds. The topological polar surface area (TPSA) is 126 Å². The van der Waals surface area contributed by atoms with Crippen LogP contribution in [-0.2, 0) is 14.3 Å². The summed E-state index contributed by atoms with van der Waals surface area (Å²) in [4.78, 5) is 47.5. The normalized spacial score (nSPS) is 11.5. The Bertz CT molecular complexity index is 580. The number of carbonyl (C=O) groups excluding carboxylic acids is 2. The highest BCUT2D eigenvalue weighted by Crippen LogP contribution is 2.02. The first-order chi connectivity index (χ1) is 9.93. The fourth-order valence-corrected chi connectivity index (χ4v) is 1.57. The molecule has 8 nitrogen and oxygen atoms in total. The molecule has 0 aromatic carbocycles. The Labute approximate surface area is 120 Å². The summed E-state index contributed by atoms with van der Waals surface area (Å²) in [6, 6.07) is 2.71. The van der Waals surface area contributed by atoms with Gasteiger partial charge in [0.15, 0.2) is 0 Å². The molecule has 8 heteroatoms. The van der Waals surface area contributed by atoms with Crippen LogP contribution in [0.1, 0.15) is 30.3 Å². The Hall–Kier alpha value is -2.64. The maximum Gasteiger partial charge on any atom is 0.326 e. The number of H-pyrrole nitrogens is 1. The first-order valence-electron chi connectivity index (χ1n) is 6.32. The van der Waals surface area contributed by atoms with Crippen molar-refractivity contribution in [1.29, 1.82) is 0 Å². The number of ether oxygens (including phenoxy) is 1. The molecule has 1 atom stereocenters. The van der Waals surface area contributed by atoms with Gasteiger partial charge in [0.1, 0.15) is 11.7 Å². The number of hydrogen-bond acceptors (Lipinski definition) is 5. The van der Waals surface area contributed by atoms with E-state index in [4.69, 9.17) is 5.11 Å². The van der Waals surface area contributed by atoms with Crippen molar-refractivity contribution in [2.45, 2.75) is 25.8 Å². The summed E-state index contributed by atoms with van der Waals surface area (Å²) in [5.74, 6) is -2.54. The minimum Gasteiger partial charge on any atom is -0.480 e. The zero-order valence-electron chi connectivity index (χ0n) is 11.4. The smallest absolute Gasteiger partial charge is 0.326 e. The van der Waals surface area contributed by atoms with Crippen molar-refractivity contribution in [3.63, 3.8) is 0 Å². The lowest BCUT2D eigenvalue weighted by molar-refractivity contribution is -0.144. The van der Waals surface area contributed by atoms with Gasteiger partial charge in [0.2, 0.25) is 5.56 Å². The predicted molar refractivity (Wildman–Crippen MR) is 71.8 cm³/mol. The summed E-state index contributed by atoms with van der Waals surface area (Å²) in [6.07, 6.45) is -0.229. The Balaban J connectivity index is 2.66. The number of aromatic amines is 1. The van der Waals surface area contributed by atoms with Crippen molar-refractivity contribution in [1.82, 2.24) is 10.3 Å². The second-order valence-electron chi connectivity index (χ2n) is 4.14. The molecule has 0 radical (unpaired) electrons. The molecular formula is C13H16N2O6. The van der Waals surface area contributed by atoms with E-state index in [9.17, 15) is 19.2 Å². The third-order valence-electron chi connectivity index (χ3n) is 2.56. The molecule has 0 fully saturated rings. The Morgan fingerprint density at radius 1 is 1.38 bits per heavy atom. The van der Waals surface area contributed by atoms with Gasteiger partial charge in [-0.3, -0.25) is 14.4 Å². The number of aromatic nitrogens is 1. The molecule has 1 aromatic heterocycles. The number of pyridine rings is 1. The van der Waals surface area contributed by atoms with Gasteiger partial charge in [0, 0.05) is 12.5 Å². The first-order valence-corrected chi connectivity index (χ1v) is 6.32. The van der Waals surface area contributed by atoms with Crippen LogP contribution in [0.2, 0.25) is 0 Å². The van der Waals surface area contributed by atoms with Crippen LogP contribution in [0, 0.1) is 0 Å². The number of carboxylic acid groups (broad SMARTS) is 1. The summed E-state index contributed by atoms with van der Waals surface area (Å²) in [7, 11) is 0. The second-order valence-corrected chi connectivity index (χ2v) is 4.14. The molecule has 3 N–H and O–H groups in total. The van der Waals surface area contributed by atoms with E-state index in [1.165, 1.54) is 18.2 Å². The number of rotatable bonds is 7. The molecule has 0 aliphatic carbocycles. The van der Waals surface area contributed by atoms with Crippen molar-refractivity contribution in [3.8, 4) is 0 Å². The van der Waals surface area contributed by atoms with Gasteiger partial charge in [-0.15, -0.1) is 0 Å². The molecule has 0 aliphatic heterocycles. The van der Waals surface area contributed by atoms with Gasteiger partial charge in [-0.25, -0.2) is 4.79 Å². The molecule has 0 saturated carbocycles. The van der Waals surface area contributed by atoms with Crippen LogP contribution >= 0.6 is 0 Å². The number of aliphatic carboxylic acids is 1. The van der Waals surface area contributed by atoms with E-state index in [2.05, 4.69) is 15.0 Å². The fourth-order valence-electron chi connectivity index (χ4n) is 1.57. The maximum atomic E-state index is 11.8. The van der Waals surface area contributed by atoms with Crippen molar-refractivity contribution in [2.75, 3.05) is 6.61 Å². The summed E-state index contributed by atoms with van der Waals surface area (Å²) in [5.41, 5.74) is -0.522. The van der Waals surface area contributed by atoms with Gasteiger partial charge < -0.3 is 20.1 Å². The average molecular weight is 296 g/mol. The molecule has 114 valence electrons. The number of carboxylic acids is 1. The lowest BCUT2D eigenvalue weighted by Gasteiger charge is -2.13. The molecule has 0 spiro atoms. The van der Waals surface area contributed by atoms with Gasteiger partial charge >= 0.3 is 11.9 Å². The minimum atomic E-state index is -1.27. The Kier molecular flexibility index (Phi) is 6.12. The molecule has 1 rings (SSSR count). The van der Waals surface area contributed by atoms with Gasteiger partial charge in [-0.2, -0.15) is 0 Å². The monoisotopic (exact) mass is 296 g/mol. The molecule has 0 unspecified atom stereocenters. The van der Waals surface area contributed by atoms with Gasteiger partial charge in [-0.1, -0.05) is 6.07 Å². The average Bonchev–Trinajstić information content (AvgIpc) is 2.43. The SMILES string of the molecule is CCOC(=O)CC[C@H](NC(=O)c1cccc(=O)[nH]1)C(=O)O. The molecule has 0 aliphatic rings. The van der Waals surface area contributed by atoms with E-state index in [-0.39, 0.29) is 25.1 Å². The molecular weight excluding hydrogens is 280 g/mol. The Morgan fingerprint density at radius 2 is 2.10 bits per heavy atom. The standard InChI is InChI=1S/C13H16N2O6/c1-2-21-11(17)7-6-9(13(19)20)15-12(18)8-4-3-5-10(16)14-8/h3-5,9H,2,6-7H2,1H3,(H,14,16)(H,15,18)(H,19,20)/t9-/m0/s1. The van der Waals surface area contributed by atoms with Crippen LogP contribution in [0.5, 0.6) is 0 Å². The molecule has 1 heterocycles. The largest absolute Gasteiger partial charge is 0.480 e. The number of amides is 1. The van der Waals surface area contributed by atoms with E-state index in [1.54, 1.807) is 6.92 Å². The molecule has 21 heavy (non-hydrogen) atoms. The van der Waals surface area contributed by atoms with Crippen LogP contribution in [-0.4, -0.2) is 40.6 Å². The lowest BCUT2D eigenvalue weighted by atomic mass is 10.1. The summed E-state index contributed by atoms with van der Waals surface area (Å²) in [6.45, 7) is 1.84. The van der Waals surface area contributed by atoms with E-state index in [0.29, 0.717) is 0 Å². The van der Waals surface area contributed by atoms with Crippen molar-refractivity contribution >= 4 is 17.8 Å². The Morgan fingerprint density at radius 3 is 2.67 bits per heavy atom. The molecule has 0 saturated heterocycles. The number of carbonyl (C=O) groups is 3. The predicted octanol–water partition coefficient (Wildman–Crippen LogP) is -0.0988. The van der Waals surface area contributed by atoms with Gasteiger partial charge in [0.05, 0.1) is 6.61 Å². The summed E-state index contributed by atoms with van der Waals surface area (Å²) < 4.78 is 4.69. The third-order valence-corrected chi connectivity index (χ3v) is 2.56. The second kappa shape index (κ2) is 7.83. The highest BCUT2D eigenvalue weighted by Gasteiger charge is 2.22. The van der Waals surface area contributed by atoms with Crippen LogP contribution in [0.15, 0.2) is 23.0 Å². The van der Waals surface area contributed by atoms with Crippen LogP contribution in [0.25, 0.3) is 0 Å². The number of hydrogen-bond donors (Lipinski definition) is 3. The third kappa shape index (κ3) is 5.47. The highest BCUT2D eigenvalue weighted by atomic mass is 16.5. The van der Waals surface area contributed by atoms with E-state index < -0.39 is 29.4 Å². The van der Waals surface area contributed by atoms with Crippen molar-refractivity contribution in [2.24, 2.45) is 0 Å². The lowest BCUT2D eigenvalue weighted by Crippen LogP contribution is -2.41.